The van der Waals surface area contributed by atoms with Crippen molar-refractivity contribution in [3.05, 3.63) is 42.7 Å². The van der Waals surface area contributed by atoms with Crippen molar-refractivity contribution < 1.29 is 4.79 Å². The molecule has 0 aliphatic heterocycles. The molecule has 0 unspecified atom stereocenters. The topological polar surface area (TPSA) is 30.0 Å². The fraction of sp³-hybridized carbons (Fsp3) is 0.385. The highest BCUT2D eigenvalue weighted by molar-refractivity contribution is 5.78. The Kier molecular flexibility index (Phi) is 5.38. The van der Waals surface area contributed by atoms with E-state index in [1.54, 1.807) is 6.20 Å². The van der Waals surface area contributed by atoms with Crippen LogP contribution in [0.25, 0.3) is 0 Å². The fourth-order valence-corrected chi connectivity index (χ4v) is 1.40. The van der Waals surface area contributed by atoms with Crippen LogP contribution in [0.3, 0.4) is 0 Å². The average molecular weight is 203 g/mol. The zero-order chi connectivity index (χ0) is 10.9. The van der Waals surface area contributed by atoms with Crippen molar-refractivity contribution in [2.45, 2.75) is 32.1 Å². The van der Waals surface area contributed by atoms with Crippen LogP contribution in [0.4, 0.5) is 0 Å². The van der Waals surface area contributed by atoms with Gasteiger partial charge in [0.2, 0.25) is 0 Å². The summed E-state index contributed by atoms with van der Waals surface area (Å²) in [7, 11) is 0. The first-order chi connectivity index (χ1) is 7.33. The largest absolute Gasteiger partial charge is 0.300 e. The molecular formula is C13H17NO. The molecule has 0 saturated heterocycles. The maximum absolute atomic E-state index is 11.4. The second kappa shape index (κ2) is 6.93. The molecule has 2 nitrogen and oxygen atoms in total. The number of aromatic nitrogens is 1. The molecule has 0 N–H and O–H groups in total. The van der Waals surface area contributed by atoms with E-state index in [9.17, 15) is 4.79 Å². The Morgan fingerprint density at radius 2 is 2.33 bits per heavy atom. The third-order valence-electron chi connectivity index (χ3n) is 2.28. The van der Waals surface area contributed by atoms with Crippen molar-refractivity contribution in [1.29, 1.82) is 0 Å². The highest BCUT2D eigenvalue weighted by atomic mass is 16.1. The van der Waals surface area contributed by atoms with Crippen molar-refractivity contribution >= 4 is 5.78 Å². The molecule has 0 bridgehead atoms. The van der Waals surface area contributed by atoms with Crippen LogP contribution in [0, 0.1) is 0 Å². The second-order valence-corrected chi connectivity index (χ2v) is 3.58. The molecule has 0 atom stereocenters. The number of allylic oxidation sites excluding steroid dienone is 1. The number of hydrogen-bond acceptors (Lipinski definition) is 2. The normalized spacial score (nSPS) is 9.87. The van der Waals surface area contributed by atoms with Gasteiger partial charge in [-0.1, -0.05) is 12.1 Å². The molecule has 0 aliphatic rings. The van der Waals surface area contributed by atoms with E-state index in [0.717, 1.165) is 24.8 Å². The van der Waals surface area contributed by atoms with Gasteiger partial charge in [-0.05, 0) is 30.9 Å². The van der Waals surface area contributed by atoms with Gasteiger partial charge in [0, 0.05) is 25.2 Å². The Morgan fingerprint density at radius 1 is 1.47 bits per heavy atom. The van der Waals surface area contributed by atoms with Gasteiger partial charge in [-0.3, -0.25) is 9.78 Å². The van der Waals surface area contributed by atoms with E-state index in [2.05, 4.69) is 11.6 Å². The Bertz CT molecular complexity index is 306. The minimum Gasteiger partial charge on any atom is -0.300 e. The Balaban J connectivity index is 2.20. The molecule has 15 heavy (non-hydrogen) atoms. The van der Waals surface area contributed by atoms with Crippen molar-refractivity contribution in [2.75, 3.05) is 0 Å². The standard InChI is InChI=1S/C13H17NO/c1-2-3-4-7-13(15)9-8-12-6-5-10-14-11-12/h2,5-6,10-11H,1,3-4,7-9H2. The Morgan fingerprint density at radius 3 is 3.00 bits per heavy atom. The number of ketones is 1. The summed E-state index contributed by atoms with van der Waals surface area (Å²) in [4.78, 5) is 15.4. The molecule has 2 heteroatoms. The molecule has 0 saturated carbocycles. The lowest BCUT2D eigenvalue weighted by Crippen LogP contribution is -2.00. The molecule has 1 heterocycles. The highest BCUT2D eigenvalue weighted by Gasteiger charge is 2.01. The number of pyridine rings is 1. The van der Waals surface area contributed by atoms with E-state index < -0.39 is 0 Å². The van der Waals surface area contributed by atoms with E-state index in [1.807, 2.05) is 24.4 Å². The van der Waals surface area contributed by atoms with E-state index in [1.165, 1.54) is 0 Å². The van der Waals surface area contributed by atoms with E-state index in [-0.39, 0.29) is 0 Å². The molecule has 0 spiro atoms. The lowest BCUT2D eigenvalue weighted by molar-refractivity contribution is -0.119. The smallest absolute Gasteiger partial charge is 0.133 e. The summed E-state index contributed by atoms with van der Waals surface area (Å²) in [5, 5.41) is 0. The number of unbranched alkanes of at least 4 members (excludes halogenated alkanes) is 1. The second-order valence-electron chi connectivity index (χ2n) is 3.58. The van der Waals surface area contributed by atoms with E-state index in [0.29, 0.717) is 18.6 Å². The van der Waals surface area contributed by atoms with Crippen LogP contribution in [-0.4, -0.2) is 10.8 Å². The van der Waals surface area contributed by atoms with E-state index >= 15 is 0 Å². The summed E-state index contributed by atoms with van der Waals surface area (Å²) < 4.78 is 0. The number of carbonyl (C=O) groups is 1. The molecule has 1 aromatic heterocycles. The number of hydrogen-bond donors (Lipinski definition) is 0. The maximum atomic E-state index is 11.4. The van der Waals surface area contributed by atoms with Crippen LogP contribution in [0.5, 0.6) is 0 Å². The van der Waals surface area contributed by atoms with Gasteiger partial charge in [-0.25, -0.2) is 0 Å². The summed E-state index contributed by atoms with van der Waals surface area (Å²) in [5.74, 6) is 0.334. The Labute approximate surface area is 91.0 Å². The zero-order valence-corrected chi connectivity index (χ0v) is 8.98. The van der Waals surface area contributed by atoms with Gasteiger partial charge in [0.1, 0.15) is 5.78 Å². The molecular weight excluding hydrogens is 186 g/mol. The summed E-state index contributed by atoms with van der Waals surface area (Å²) in [6.07, 6.45) is 9.38. The van der Waals surface area contributed by atoms with Crippen LogP contribution >= 0.6 is 0 Å². The monoisotopic (exact) mass is 203 g/mol. The molecule has 0 fully saturated rings. The molecule has 1 rings (SSSR count). The van der Waals surface area contributed by atoms with Gasteiger partial charge < -0.3 is 0 Å². The molecule has 0 aromatic carbocycles. The lowest BCUT2D eigenvalue weighted by Gasteiger charge is -2.00. The fourth-order valence-electron chi connectivity index (χ4n) is 1.40. The van der Waals surface area contributed by atoms with Crippen LogP contribution in [-0.2, 0) is 11.2 Å². The van der Waals surface area contributed by atoms with Gasteiger partial charge >= 0.3 is 0 Å². The summed E-state index contributed by atoms with van der Waals surface area (Å²) >= 11 is 0. The first-order valence-electron chi connectivity index (χ1n) is 5.34. The summed E-state index contributed by atoms with van der Waals surface area (Å²) in [5.41, 5.74) is 1.13. The average Bonchev–Trinajstić information content (AvgIpc) is 2.28. The van der Waals surface area contributed by atoms with Crippen molar-refractivity contribution in [2.24, 2.45) is 0 Å². The molecule has 1 aromatic rings. The van der Waals surface area contributed by atoms with Crippen molar-refractivity contribution in [1.82, 2.24) is 4.98 Å². The molecule has 0 aliphatic carbocycles. The number of rotatable bonds is 7. The number of carbonyl (C=O) groups excluding carboxylic acids is 1. The summed E-state index contributed by atoms with van der Waals surface area (Å²) in [6.45, 7) is 3.63. The van der Waals surface area contributed by atoms with Gasteiger partial charge in [0.15, 0.2) is 0 Å². The zero-order valence-electron chi connectivity index (χ0n) is 8.98. The number of nitrogens with zero attached hydrogens (tertiary/aromatic N) is 1. The summed E-state index contributed by atoms with van der Waals surface area (Å²) in [6, 6.07) is 3.90. The van der Waals surface area contributed by atoms with Crippen molar-refractivity contribution in [3.63, 3.8) is 0 Å². The van der Waals surface area contributed by atoms with Crippen LogP contribution in [0.1, 0.15) is 31.2 Å². The minimum absolute atomic E-state index is 0.334. The Hall–Kier alpha value is -1.44. The SMILES string of the molecule is C=CCCCC(=O)CCc1cccnc1. The third kappa shape index (κ3) is 5.11. The molecule has 0 radical (unpaired) electrons. The van der Waals surface area contributed by atoms with Crippen LogP contribution < -0.4 is 0 Å². The van der Waals surface area contributed by atoms with Crippen molar-refractivity contribution in [3.8, 4) is 0 Å². The number of Topliss-reactive ketones (excluding diaryl/α,β-unsaturated/α-hetero) is 1. The van der Waals surface area contributed by atoms with Gasteiger partial charge in [0.05, 0.1) is 0 Å². The van der Waals surface area contributed by atoms with Gasteiger partial charge in [-0.15, -0.1) is 6.58 Å². The quantitative estimate of drug-likeness (QED) is 0.503. The lowest BCUT2D eigenvalue weighted by atomic mass is 10.1. The van der Waals surface area contributed by atoms with Gasteiger partial charge in [0.25, 0.3) is 0 Å². The first kappa shape index (κ1) is 11.6. The van der Waals surface area contributed by atoms with Gasteiger partial charge in [-0.2, -0.15) is 0 Å². The first-order valence-corrected chi connectivity index (χ1v) is 5.34. The maximum Gasteiger partial charge on any atom is 0.133 e. The van der Waals surface area contributed by atoms with Crippen LogP contribution in [0.15, 0.2) is 37.2 Å². The van der Waals surface area contributed by atoms with Crippen LogP contribution in [0.2, 0.25) is 0 Å². The van der Waals surface area contributed by atoms with E-state index in [4.69, 9.17) is 0 Å². The highest BCUT2D eigenvalue weighted by Crippen LogP contribution is 2.05. The molecule has 0 amide bonds. The molecule has 80 valence electrons. The predicted octanol–water partition coefficient (Wildman–Crippen LogP) is 2.94. The third-order valence-corrected chi connectivity index (χ3v) is 2.28. The minimum atomic E-state index is 0.334. The predicted molar refractivity (Wildman–Crippen MR) is 61.6 cm³/mol. The number of aryl methyl sites for hydroxylation is 1.